The van der Waals surface area contributed by atoms with Crippen molar-refractivity contribution in [2.45, 2.75) is 31.7 Å². The second-order valence-electron chi connectivity index (χ2n) is 6.63. The van der Waals surface area contributed by atoms with Crippen LogP contribution in [0.5, 0.6) is 0 Å². The number of rotatable bonds is 8. The van der Waals surface area contributed by atoms with Crippen molar-refractivity contribution in [3.63, 3.8) is 0 Å². The molecule has 0 amide bonds. The summed E-state index contributed by atoms with van der Waals surface area (Å²) in [6.07, 6.45) is 2.17. The highest BCUT2D eigenvalue weighted by Gasteiger charge is 2.15. The van der Waals surface area contributed by atoms with Crippen molar-refractivity contribution < 1.29 is 0 Å². The zero-order chi connectivity index (χ0) is 18.2. The SMILES string of the molecule is CCC(NCCC(c1ccccc1)c1ccccc1)c1ccc(Br)cc1. The molecule has 0 heterocycles. The van der Waals surface area contributed by atoms with E-state index in [0.717, 1.165) is 23.9 Å². The van der Waals surface area contributed by atoms with E-state index in [1.165, 1.54) is 16.7 Å². The van der Waals surface area contributed by atoms with Gasteiger partial charge < -0.3 is 5.32 Å². The first-order chi connectivity index (χ1) is 12.8. The highest BCUT2D eigenvalue weighted by atomic mass is 79.9. The summed E-state index contributed by atoms with van der Waals surface area (Å²) in [5, 5.41) is 3.76. The molecule has 3 rings (SSSR count). The Hall–Kier alpha value is -1.90. The minimum atomic E-state index is 0.398. The molecule has 0 saturated carbocycles. The van der Waals surface area contributed by atoms with Crippen molar-refractivity contribution >= 4 is 15.9 Å². The molecule has 0 radical (unpaired) electrons. The summed E-state index contributed by atoms with van der Waals surface area (Å²) in [5.74, 6) is 0.423. The van der Waals surface area contributed by atoms with Crippen LogP contribution < -0.4 is 5.32 Å². The maximum Gasteiger partial charge on any atom is 0.0317 e. The van der Waals surface area contributed by atoms with E-state index >= 15 is 0 Å². The van der Waals surface area contributed by atoms with Gasteiger partial charge in [0.2, 0.25) is 0 Å². The van der Waals surface area contributed by atoms with E-state index in [1.54, 1.807) is 0 Å². The van der Waals surface area contributed by atoms with Crippen molar-refractivity contribution in [2.75, 3.05) is 6.54 Å². The van der Waals surface area contributed by atoms with E-state index in [2.05, 4.69) is 113 Å². The maximum absolute atomic E-state index is 3.76. The zero-order valence-corrected chi connectivity index (χ0v) is 16.8. The van der Waals surface area contributed by atoms with Crippen LogP contribution in [-0.2, 0) is 0 Å². The summed E-state index contributed by atoms with van der Waals surface area (Å²) in [5.41, 5.74) is 4.13. The molecule has 0 aromatic heterocycles. The highest BCUT2D eigenvalue weighted by Crippen LogP contribution is 2.28. The fourth-order valence-corrected chi connectivity index (χ4v) is 3.76. The predicted octanol–water partition coefficient (Wildman–Crippen LogP) is 6.71. The molecule has 1 N–H and O–H groups in total. The molecule has 1 atom stereocenters. The van der Waals surface area contributed by atoms with Gasteiger partial charge in [0.1, 0.15) is 0 Å². The number of nitrogens with one attached hydrogen (secondary N) is 1. The first-order valence-electron chi connectivity index (χ1n) is 9.36. The Labute approximate surface area is 165 Å². The third kappa shape index (κ3) is 5.06. The van der Waals surface area contributed by atoms with Crippen molar-refractivity contribution in [3.05, 3.63) is 106 Å². The average Bonchev–Trinajstić information content (AvgIpc) is 2.70. The van der Waals surface area contributed by atoms with Gasteiger partial charge in [-0.1, -0.05) is 95.7 Å². The van der Waals surface area contributed by atoms with Crippen LogP contribution in [0.25, 0.3) is 0 Å². The largest absolute Gasteiger partial charge is 0.310 e. The van der Waals surface area contributed by atoms with Crippen LogP contribution in [0, 0.1) is 0 Å². The van der Waals surface area contributed by atoms with Crippen LogP contribution in [0.3, 0.4) is 0 Å². The predicted molar refractivity (Wildman–Crippen MR) is 115 cm³/mol. The van der Waals surface area contributed by atoms with Gasteiger partial charge in [-0.05, 0) is 48.2 Å². The summed E-state index contributed by atoms with van der Waals surface area (Å²) >= 11 is 3.52. The molecule has 1 unspecified atom stereocenters. The van der Waals surface area contributed by atoms with Crippen molar-refractivity contribution in [3.8, 4) is 0 Å². The Bertz CT molecular complexity index is 729. The third-order valence-corrected chi connectivity index (χ3v) is 5.44. The monoisotopic (exact) mass is 407 g/mol. The average molecular weight is 408 g/mol. The first-order valence-corrected chi connectivity index (χ1v) is 10.2. The van der Waals surface area contributed by atoms with E-state index in [-0.39, 0.29) is 0 Å². The minimum absolute atomic E-state index is 0.398. The highest BCUT2D eigenvalue weighted by molar-refractivity contribution is 9.10. The van der Waals surface area contributed by atoms with E-state index in [9.17, 15) is 0 Å². The minimum Gasteiger partial charge on any atom is -0.310 e. The summed E-state index contributed by atoms with van der Waals surface area (Å²) in [6, 6.07) is 30.7. The Kier molecular flexibility index (Phi) is 7.04. The maximum atomic E-state index is 3.76. The second-order valence-corrected chi connectivity index (χ2v) is 7.54. The Morgan fingerprint density at radius 1 is 0.731 bits per heavy atom. The lowest BCUT2D eigenvalue weighted by molar-refractivity contribution is 0.499. The Balaban J connectivity index is 1.69. The molecule has 0 fully saturated rings. The van der Waals surface area contributed by atoms with Gasteiger partial charge in [0, 0.05) is 16.4 Å². The van der Waals surface area contributed by atoms with Gasteiger partial charge in [0.25, 0.3) is 0 Å². The number of halogens is 1. The van der Waals surface area contributed by atoms with Gasteiger partial charge >= 0.3 is 0 Å². The molecule has 0 spiro atoms. The van der Waals surface area contributed by atoms with Crippen LogP contribution in [-0.4, -0.2) is 6.54 Å². The molecular formula is C24H26BrN. The molecule has 134 valence electrons. The molecule has 0 saturated heterocycles. The van der Waals surface area contributed by atoms with Gasteiger partial charge in [0.05, 0.1) is 0 Å². The van der Waals surface area contributed by atoms with Crippen LogP contribution in [0.4, 0.5) is 0 Å². The lowest BCUT2D eigenvalue weighted by Gasteiger charge is -2.22. The molecule has 0 bridgehead atoms. The quantitative estimate of drug-likeness (QED) is 0.437. The lowest BCUT2D eigenvalue weighted by Crippen LogP contribution is -2.23. The fraction of sp³-hybridized carbons (Fsp3) is 0.250. The summed E-state index contributed by atoms with van der Waals surface area (Å²) < 4.78 is 1.13. The van der Waals surface area contributed by atoms with E-state index in [4.69, 9.17) is 0 Å². The van der Waals surface area contributed by atoms with Crippen LogP contribution in [0.15, 0.2) is 89.4 Å². The van der Waals surface area contributed by atoms with E-state index in [0.29, 0.717) is 12.0 Å². The third-order valence-electron chi connectivity index (χ3n) is 4.91. The molecule has 0 aliphatic rings. The van der Waals surface area contributed by atoms with Gasteiger partial charge in [-0.2, -0.15) is 0 Å². The molecule has 26 heavy (non-hydrogen) atoms. The fourth-order valence-electron chi connectivity index (χ4n) is 3.49. The topological polar surface area (TPSA) is 12.0 Å². The molecule has 3 aromatic carbocycles. The van der Waals surface area contributed by atoms with E-state index in [1.807, 2.05) is 0 Å². The normalized spacial score (nSPS) is 12.3. The van der Waals surface area contributed by atoms with Crippen molar-refractivity contribution in [2.24, 2.45) is 0 Å². The van der Waals surface area contributed by atoms with Gasteiger partial charge in [0.15, 0.2) is 0 Å². The number of benzene rings is 3. The first kappa shape index (κ1) is 18.9. The van der Waals surface area contributed by atoms with Gasteiger partial charge in [-0.3, -0.25) is 0 Å². The standard InChI is InChI=1S/C24H26BrN/c1-2-24(21-13-15-22(25)16-14-21)26-18-17-23(19-9-5-3-6-10-19)20-11-7-4-8-12-20/h3-16,23-24,26H,2,17-18H2,1H3. The molecule has 0 aliphatic heterocycles. The lowest BCUT2D eigenvalue weighted by atomic mass is 9.88. The summed E-state index contributed by atoms with van der Waals surface area (Å²) in [6.45, 7) is 3.23. The molecule has 1 nitrogen and oxygen atoms in total. The smallest absolute Gasteiger partial charge is 0.0317 e. The molecule has 0 aliphatic carbocycles. The van der Waals surface area contributed by atoms with Crippen LogP contribution in [0.1, 0.15) is 48.4 Å². The van der Waals surface area contributed by atoms with Crippen molar-refractivity contribution in [1.82, 2.24) is 5.32 Å². The number of hydrogen-bond acceptors (Lipinski definition) is 1. The van der Waals surface area contributed by atoms with Gasteiger partial charge in [-0.15, -0.1) is 0 Å². The Morgan fingerprint density at radius 2 is 1.27 bits per heavy atom. The summed E-state index contributed by atoms with van der Waals surface area (Å²) in [7, 11) is 0. The molecule has 2 heteroatoms. The molecular weight excluding hydrogens is 382 g/mol. The molecule has 3 aromatic rings. The Morgan fingerprint density at radius 3 is 1.77 bits per heavy atom. The number of hydrogen-bond donors (Lipinski definition) is 1. The van der Waals surface area contributed by atoms with Crippen molar-refractivity contribution in [1.29, 1.82) is 0 Å². The van der Waals surface area contributed by atoms with Crippen LogP contribution >= 0.6 is 15.9 Å². The second kappa shape index (κ2) is 9.70. The van der Waals surface area contributed by atoms with Gasteiger partial charge in [-0.25, -0.2) is 0 Å². The van der Waals surface area contributed by atoms with E-state index < -0.39 is 0 Å². The zero-order valence-electron chi connectivity index (χ0n) is 15.2. The van der Waals surface area contributed by atoms with Crippen LogP contribution in [0.2, 0.25) is 0 Å². The summed E-state index contributed by atoms with van der Waals surface area (Å²) in [4.78, 5) is 0.